The number of aromatic nitrogens is 4. The van der Waals surface area contributed by atoms with Gasteiger partial charge in [0.05, 0.1) is 13.2 Å². The van der Waals surface area contributed by atoms with Crippen LogP contribution in [0.3, 0.4) is 0 Å². The van der Waals surface area contributed by atoms with Crippen LogP contribution in [0.15, 0.2) is 6.33 Å². The Morgan fingerprint density at radius 1 is 1.16 bits per heavy atom. The minimum atomic E-state index is 0.232. The summed E-state index contributed by atoms with van der Waals surface area (Å²) in [4.78, 5) is 1.33. The van der Waals surface area contributed by atoms with Crippen LogP contribution in [-0.2, 0) is 4.74 Å². The van der Waals surface area contributed by atoms with Gasteiger partial charge in [0.2, 0.25) is 0 Å². The molecule has 1 fully saturated rings. The van der Waals surface area contributed by atoms with E-state index in [4.69, 9.17) is 29.2 Å². The Bertz CT molecular complexity index is 448. The molecule has 19 heavy (non-hydrogen) atoms. The van der Waals surface area contributed by atoms with Crippen LogP contribution in [0.4, 0.5) is 0 Å². The van der Waals surface area contributed by atoms with E-state index in [2.05, 4.69) is 40.8 Å². The van der Waals surface area contributed by atoms with Crippen LogP contribution >= 0.6 is 49.7 Å². The largest absolute Gasteiger partial charge is 0.379 e. The second kappa shape index (κ2) is 6.76. The molecule has 12 heteroatoms. The molecule has 2 rings (SSSR count). The standard InChI is InChI=1S/C7H11N7OS4/c16-6(17)13(11-1-3-15-4-2-11)14(7(18)19)12-5-8-9-10-12/h5H,1-4H2,(H,16,17)(H,18,19). The van der Waals surface area contributed by atoms with E-state index in [0.29, 0.717) is 30.6 Å². The molecule has 0 N–H and O–H groups in total. The number of rotatable bonds is 2. The zero-order valence-electron chi connectivity index (χ0n) is 9.66. The van der Waals surface area contributed by atoms with Gasteiger partial charge in [0.25, 0.3) is 0 Å². The van der Waals surface area contributed by atoms with Gasteiger partial charge in [-0.05, 0) is 34.9 Å². The van der Waals surface area contributed by atoms with E-state index in [0.717, 1.165) is 0 Å². The minimum Gasteiger partial charge on any atom is -0.379 e. The summed E-state index contributed by atoms with van der Waals surface area (Å²) < 4.78 is 5.84. The van der Waals surface area contributed by atoms with Gasteiger partial charge in [-0.3, -0.25) is 0 Å². The van der Waals surface area contributed by atoms with E-state index in [-0.39, 0.29) is 4.32 Å². The molecular weight excluding hydrogens is 326 g/mol. The van der Waals surface area contributed by atoms with Gasteiger partial charge < -0.3 is 4.74 Å². The third-order valence-electron chi connectivity index (χ3n) is 2.31. The fourth-order valence-corrected chi connectivity index (χ4v) is 2.31. The highest BCUT2D eigenvalue weighted by atomic mass is 32.1. The average molecular weight is 337 g/mol. The molecule has 1 aromatic heterocycles. The van der Waals surface area contributed by atoms with Crippen molar-refractivity contribution in [3.05, 3.63) is 6.33 Å². The predicted molar refractivity (Wildman–Crippen MR) is 83.4 cm³/mol. The van der Waals surface area contributed by atoms with Crippen LogP contribution in [0.1, 0.15) is 0 Å². The zero-order chi connectivity index (χ0) is 13.8. The topological polar surface area (TPSA) is 62.6 Å². The number of thiocarbonyl (C=S) groups is 2. The van der Waals surface area contributed by atoms with Gasteiger partial charge in [-0.2, -0.15) is 10.1 Å². The van der Waals surface area contributed by atoms with Crippen molar-refractivity contribution in [2.45, 2.75) is 0 Å². The molecule has 1 saturated heterocycles. The van der Waals surface area contributed by atoms with Crippen molar-refractivity contribution < 1.29 is 4.74 Å². The van der Waals surface area contributed by atoms with Gasteiger partial charge in [-0.1, -0.05) is 0 Å². The van der Waals surface area contributed by atoms with Crippen LogP contribution in [0.2, 0.25) is 0 Å². The van der Waals surface area contributed by atoms with Gasteiger partial charge >= 0.3 is 0 Å². The van der Waals surface area contributed by atoms with Crippen LogP contribution in [0.5, 0.6) is 0 Å². The number of ether oxygens (including phenoxy) is 1. The van der Waals surface area contributed by atoms with E-state index in [1.807, 2.05) is 5.01 Å². The Kier molecular flexibility index (Phi) is 5.29. The summed E-state index contributed by atoms with van der Waals surface area (Å²) in [5.41, 5.74) is 0. The fourth-order valence-electron chi connectivity index (χ4n) is 1.56. The SMILES string of the molecule is S=C(S)N(N1CCOCC1)N(C(=S)S)n1cnnn1. The number of thiol groups is 2. The quantitative estimate of drug-likeness (QED) is 0.423. The van der Waals surface area contributed by atoms with E-state index >= 15 is 0 Å². The Balaban J connectivity index is 2.29. The first kappa shape index (κ1) is 14.9. The van der Waals surface area contributed by atoms with Crippen LogP contribution in [0, 0.1) is 0 Å². The molecule has 104 valence electrons. The first-order valence-electron chi connectivity index (χ1n) is 5.23. The van der Waals surface area contributed by atoms with Gasteiger partial charge in [0, 0.05) is 13.1 Å². The van der Waals surface area contributed by atoms with Gasteiger partial charge in [0.1, 0.15) is 0 Å². The molecule has 0 aromatic carbocycles. The van der Waals surface area contributed by atoms with Crippen molar-refractivity contribution in [2.24, 2.45) is 0 Å². The summed E-state index contributed by atoms with van der Waals surface area (Å²) in [6.45, 7) is 2.48. The van der Waals surface area contributed by atoms with Gasteiger partial charge in [0.15, 0.2) is 15.0 Å². The molecule has 0 amide bonds. The smallest absolute Gasteiger partial charge is 0.178 e. The van der Waals surface area contributed by atoms with E-state index in [9.17, 15) is 0 Å². The minimum absolute atomic E-state index is 0.232. The van der Waals surface area contributed by atoms with Crippen molar-refractivity contribution in [2.75, 3.05) is 31.4 Å². The Labute approximate surface area is 131 Å². The molecule has 0 unspecified atom stereocenters. The molecule has 0 radical (unpaired) electrons. The fraction of sp³-hybridized carbons (Fsp3) is 0.571. The predicted octanol–water partition coefficient (Wildman–Crippen LogP) is -0.495. The molecule has 0 saturated carbocycles. The summed E-state index contributed by atoms with van der Waals surface area (Å²) >= 11 is 18.7. The monoisotopic (exact) mass is 337 g/mol. The number of hydrazine groups is 2. The van der Waals surface area contributed by atoms with E-state index in [1.165, 1.54) is 16.2 Å². The number of nitrogens with zero attached hydrogens (tertiary/aromatic N) is 7. The highest BCUT2D eigenvalue weighted by Crippen LogP contribution is 2.12. The molecular formula is C7H11N7OS4. The average Bonchev–Trinajstić information content (AvgIpc) is 2.89. The Morgan fingerprint density at radius 3 is 2.26 bits per heavy atom. The summed E-state index contributed by atoms with van der Waals surface area (Å²) in [5.74, 6) is 0. The highest BCUT2D eigenvalue weighted by molar-refractivity contribution is 8.12. The molecule has 0 atom stereocenters. The molecule has 0 bridgehead atoms. The van der Waals surface area contributed by atoms with E-state index < -0.39 is 0 Å². The third kappa shape index (κ3) is 3.52. The number of hydrogen-bond donors (Lipinski definition) is 2. The number of tetrazole rings is 1. The van der Waals surface area contributed by atoms with Crippen molar-refractivity contribution in [1.29, 1.82) is 0 Å². The third-order valence-corrected chi connectivity index (χ3v) is 2.99. The Morgan fingerprint density at radius 2 is 1.79 bits per heavy atom. The zero-order valence-corrected chi connectivity index (χ0v) is 13.1. The highest BCUT2D eigenvalue weighted by Gasteiger charge is 2.28. The molecule has 2 heterocycles. The summed E-state index contributed by atoms with van der Waals surface area (Å²) in [6, 6.07) is 0. The lowest BCUT2D eigenvalue weighted by Gasteiger charge is -2.42. The van der Waals surface area contributed by atoms with Crippen molar-refractivity contribution in [3.8, 4) is 0 Å². The van der Waals surface area contributed by atoms with Gasteiger partial charge in [-0.15, -0.1) is 40.3 Å². The maximum absolute atomic E-state index is 5.31. The molecule has 1 aliphatic rings. The van der Waals surface area contributed by atoms with Crippen molar-refractivity contribution >= 4 is 58.3 Å². The van der Waals surface area contributed by atoms with Crippen molar-refractivity contribution in [3.63, 3.8) is 0 Å². The first-order valence-corrected chi connectivity index (χ1v) is 6.94. The number of morpholine rings is 1. The summed E-state index contributed by atoms with van der Waals surface area (Å²) in [5, 5.41) is 15.9. The molecule has 0 spiro atoms. The second-order valence-electron chi connectivity index (χ2n) is 3.44. The second-order valence-corrected chi connectivity index (χ2v) is 5.67. The normalized spacial score (nSPS) is 16.1. The lowest BCUT2D eigenvalue weighted by atomic mass is 10.5. The molecule has 1 aromatic rings. The van der Waals surface area contributed by atoms with Crippen LogP contribution < -0.4 is 5.12 Å². The van der Waals surface area contributed by atoms with Crippen molar-refractivity contribution in [1.82, 2.24) is 30.4 Å². The molecule has 8 nitrogen and oxygen atoms in total. The van der Waals surface area contributed by atoms with Crippen LogP contribution in [-0.4, -0.2) is 65.4 Å². The lowest BCUT2D eigenvalue weighted by molar-refractivity contribution is -0.0562. The maximum Gasteiger partial charge on any atom is 0.178 e. The summed E-state index contributed by atoms with van der Waals surface area (Å²) in [6.07, 6.45) is 1.39. The van der Waals surface area contributed by atoms with Gasteiger partial charge in [-0.25, -0.2) is 0 Å². The maximum atomic E-state index is 5.31. The lowest BCUT2D eigenvalue weighted by Crippen LogP contribution is -2.62. The molecule has 1 aliphatic heterocycles. The van der Waals surface area contributed by atoms with Crippen LogP contribution in [0.25, 0.3) is 0 Å². The summed E-state index contributed by atoms with van der Waals surface area (Å²) in [7, 11) is 0. The Hall–Kier alpha value is -0.530. The van der Waals surface area contributed by atoms with E-state index in [1.54, 1.807) is 5.12 Å². The first-order chi connectivity index (χ1) is 9.11. The number of hydrogen-bond acceptors (Lipinski definition) is 7. The molecule has 0 aliphatic carbocycles.